The van der Waals surface area contributed by atoms with Crippen LogP contribution in [0.1, 0.15) is 30.5 Å². The number of halogens is 2. The number of amides is 1. The summed E-state index contributed by atoms with van der Waals surface area (Å²) in [6.45, 7) is 6.90. The van der Waals surface area contributed by atoms with Crippen molar-refractivity contribution in [1.82, 2.24) is 10.2 Å². The van der Waals surface area contributed by atoms with Crippen LogP contribution in [0.2, 0.25) is 0 Å². The summed E-state index contributed by atoms with van der Waals surface area (Å²) in [5.41, 5.74) is 9.89. The Balaban J connectivity index is 0.00000196. The number of carbonyl (C=O) groups is 1. The summed E-state index contributed by atoms with van der Waals surface area (Å²) in [5, 5.41) is 3.06. The fourth-order valence-corrected chi connectivity index (χ4v) is 3.52. The van der Waals surface area contributed by atoms with Gasteiger partial charge in [-0.15, -0.1) is 24.8 Å². The van der Waals surface area contributed by atoms with E-state index >= 15 is 0 Å². The van der Waals surface area contributed by atoms with E-state index in [9.17, 15) is 4.79 Å². The molecule has 2 aromatic carbocycles. The van der Waals surface area contributed by atoms with Crippen molar-refractivity contribution in [2.24, 2.45) is 5.73 Å². The van der Waals surface area contributed by atoms with Crippen molar-refractivity contribution in [3.8, 4) is 0 Å². The Morgan fingerprint density at radius 3 is 2.36 bits per heavy atom. The van der Waals surface area contributed by atoms with Gasteiger partial charge in [0.25, 0.3) is 0 Å². The molecule has 3 rings (SSSR count). The van der Waals surface area contributed by atoms with Gasteiger partial charge in [0.2, 0.25) is 5.91 Å². The summed E-state index contributed by atoms with van der Waals surface area (Å²) in [4.78, 5) is 14.9. The Morgan fingerprint density at radius 2 is 1.68 bits per heavy atom. The smallest absolute Gasteiger partial charge is 0.237 e. The van der Waals surface area contributed by atoms with Gasteiger partial charge in [0.1, 0.15) is 0 Å². The molecule has 0 aromatic heterocycles. The van der Waals surface area contributed by atoms with Crippen LogP contribution in [0.3, 0.4) is 0 Å². The third kappa shape index (κ3) is 6.21. The van der Waals surface area contributed by atoms with Crippen LogP contribution in [0.25, 0.3) is 0 Å². The van der Waals surface area contributed by atoms with Gasteiger partial charge >= 0.3 is 0 Å². The van der Waals surface area contributed by atoms with E-state index in [1.54, 1.807) is 0 Å². The standard InChI is InChI=1S/C22H29N3O.2ClH/c1-22(2,25-13-12-18-10-6-7-11-19(18)15-25)16-24-21(26)20(23)14-17-8-4-3-5-9-17;;/h3-11,20H,12-16,23H2,1-2H3,(H,24,26);2*1H. The van der Waals surface area contributed by atoms with Gasteiger partial charge in [0, 0.05) is 25.2 Å². The van der Waals surface area contributed by atoms with E-state index in [1.807, 2.05) is 30.3 Å². The summed E-state index contributed by atoms with van der Waals surface area (Å²) in [7, 11) is 0. The van der Waals surface area contributed by atoms with Gasteiger partial charge in [-0.3, -0.25) is 9.69 Å². The SMILES string of the molecule is CC(C)(CNC(=O)C(N)Cc1ccccc1)N1CCc2ccccc2C1.Cl.Cl. The van der Waals surface area contributed by atoms with Crippen molar-refractivity contribution in [3.63, 3.8) is 0 Å². The van der Waals surface area contributed by atoms with Crippen LogP contribution in [-0.2, 0) is 24.2 Å². The van der Waals surface area contributed by atoms with Gasteiger partial charge in [-0.05, 0) is 43.4 Å². The Kier molecular flexibility index (Phi) is 9.45. The minimum absolute atomic E-state index is 0. The first-order valence-corrected chi connectivity index (χ1v) is 9.35. The van der Waals surface area contributed by atoms with E-state index in [-0.39, 0.29) is 36.3 Å². The maximum absolute atomic E-state index is 12.4. The lowest BCUT2D eigenvalue weighted by molar-refractivity contribution is -0.123. The number of nitrogens with one attached hydrogen (secondary N) is 1. The van der Waals surface area contributed by atoms with Gasteiger partial charge in [-0.1, -0.05) is 54.6 Å². The lowest BCUT2D eigenvalue weighted by atomic mass is 9.94. The van der Waals surface area contributed by atoms with E-state index in [1.165, 1.54) is 11.1 Å². The van der Waals surface area contributed by atoms with Crippen molar-refractivity contribution in [3.05, 3.63) is 71.3 Å². The zero-order valence-electron chi connectivity index (χ0n) is 16.6. The molecule has 0 saturated heterocycles. The van der Waals surface area contributed by atoms with Crippen LogP contribution in [0.15, 0.2) is 54.6 Å². The second-order valence-corrected chi connectivity index (χ2v) is 7.77. The van der Waals surface area contributed by atoms with E-state index < -0.39 is 6.04 Å². The van der Waals surface area contributed by atoms with Crippen molar-refractivity contribution >= 4 is 30.7 Å². The molecule has 6 heteroatoms. The molecule has 2 aromatic rings. The van der Waals surface area contributed by atoms with Crippen LogP contribution in [0.4, 0.5) is 0 Å². The van der Waals surface area contributed by atoms with E-state index in [2.05, 4.69) is 48.3 Å². The number of hydrogen-bond acceptors (Lipinski definition) is 3. The molecule has 1 amide bonds. The van der Waals surface area contributed by atoms with Crippen LogP contribution < -0.4 is 11.1 Å². The van der Waals surface area contributed by atoms with Crippen LogP contribution in [0.5, 0.6) is 0 Å². The number of nitrogens with two attached hydrogens (primary N) is 1. The molecule has 28 heavy (non-hydrogen) atoms. The van der Waals surface area contributed by atoms with Crippen molar-refractivity contribution < 1.29 is 4.79 Å². The number of nitrogens with zero attached hydrogens (tertiary/aromatic N) is 1. The van der Waals surface area contributed by atoms with Crippen molar-refractivity contribution in [2.45, 2.75) is 44.8 Å². The van der Waals surface area contributed by atoms with E-state index in [0.29, 0.717) is 13.0 Å². The lowest BCUT2D eigenvalue weighted by Gasteiger charge is -2.41. The molecule has 0 fully saturated rings. The predicted octanol–water partition coefficient (Wildman–Crippen LogP) is 3.35. The van der Waals surface area contributed by atoms with E-state index in [0.717, 1.165) is 25.1 Å². The number of rotatable bonds is 6. The maximum Gasteiger partial charge on any atom is 0.237 e. The van der Waals surface area contributed by atoms with Crippen molar-refractivity contribution in [1.29, 1.82) is 0 Å². The summed E-state index contributed by atoms with van der Waals surface area (Å²) in [6, 6.07) is 18.0. The molecule has 0 aliphatic carbocycles. The summed E-state index contributed by atoms with van der Waals surface area (Å²) >= 11 is 0. The van der Waals surface area contributed by atoms with Crippen LogP contribution in [-0.4, -0.2) is 35.5 Å². The molecular weight excluding hydrogens is 393 g/mol. The Bertz CT molecular complexity index is 752. The summed E-state index contributed by atoms with van der Waals surface area (Å²) < 4.78 is 0. The highest BCUT2D eigenvalue weighted by Crippen LogP contribution is 2.24. The third-order valence-corrected chi connectivity index (χ3v) is 5.32. The highest BCUT2D eigenvalue weighted by Gasteiger charge is 2.30. The fourth-order valence-electron chi connectivity index (χ4n) is 3.52. The molecular formula is C22H31Cl2N3O. The second-order valence-electron chi connectivity index (χ2n) is 7.77. The average molecular weight is 424 g/mol. The van der Waals surface area contributed by atoms with Gasteiger partial charge in [-0.2, -0.15) is 0 Å². The fraction of sp³-hybridized carbons (Fsp3) is 0.409. The number of carbonyl (C=O) groups excluding carboxylic acids is 1. The molecule has 3 N–H and O–H groups in total. The molecule has 0 bridgehead atoms. The monoisotopic (exact) mass is 423 g/mol. The van der Waals surface area contributed by atoms with Gasteiger partial charge in [0.15, 0.2) is 0 Å². The number of hydrogen-bond donors (Lipinski definition) is 2. The van der Waals surface area contributed by atoms with Crippen molar-refractivity contribution in [2.75, 3.05) is 13.1 Å². The molecule has 1 heterocycles. The van der Waals surface area contributed by atoms with E-state index in [4.69, 9.17) is 5.73 Å². The lowest BCUT2D eigenvalue weighted by Crippen LogP contribution is -2.55. The summed E-state index contributed by atoms with van der Waals surface area (Å²) in [6.07, 6.45) is 1.62. The first-order valence-electron chi connectivity index (χ1n) is 9.35. The molecule has 154 valence electrons. The van der Waals surface area contributed by atoms with Crippen LogP contribution in [0, 0.1) is 0 Å². The zero-order valence-corrected chi connectivity index (χ0v) is 18.2. The molecule has 4 nitrogen and oxygen atoms in total. The Labute approximate surface area is 180 Å². The minimum atomic E-state index is -0.518. The van der Waals surface area contributed by atoms with Gasteiger partial charge < -0.3 is 11.1 Å². The molecule has 0 spiro atoms. The molecule has 1 aliphatic heterocycles. The summed E-state index contributed by atoms with van der Waals surface area (Å²) in [5.74, 6) is -0.0839. The third-order valence-electron chi connectivity index (χ3n) is 5.32. The zero-order chi connectivity index (χ0) is 18.6. The molecule has 1 aliphatic rings. The van der Waals surface area contributed by atoms with Crippen LogP contribution >= 0.6 is 24.8 Å². The van der Waals surface area contributed by atoms with Gasteiger partial charge in [-0.25, -0.2) is 0 Å². The topological polar surface area (TPSA) is 58.4 Å². The maximum atomic E-state index is 12.4. The first-order chi connectivity index (χ1) is 12.5. The van der Waals surface area contributed by atoms with Gasteiger partial charge in [0.05, 0.1) is 6.04 Å². The predicted molar refractivity (Wildman–Crippen MR) is 120 cm³/mol. The largest absolute Gasteiger partial charge is 0.353 e. The molecule has 1 unspecified atom stereocenters. The number of fused-ring (bicyclic) bond motifs is 1. The number of benzene rings is 2. The normalized spacial score (nSPS) is 14.8. The molecule has 0 saturated carbocycles. The Morgan fingerprint density at radius 1 is 1.07 bits per heavy atom. The average Bonchev–Trinajstić information content (AvgIpc) is 2.66. The Hall–Kier alpha value is -1.59. The molecule has 0 radical (unpaired) electrons. The minimum Gasteiger partial charge on any atom is -0.353 e. The molecule has 1 atom stereocenters. The first kappa shape index (κ1) is 24.4. The highest BCUT2D eigenvalue weighted by molar-refractivity contribution is 5.85. The second kappa shape index (κ2) is 10.8. The highest BCUT2D eigenvalue weighted by atomic mass is 35.5. The quantitative estimate of drug-likeness (QED) is 0.748.